The molecule has 1 aliphatic heterocycles. The Morgan fingerprint density at radius 2 is 1.75 bits per heavy atom. The summed E-state index contributed by atoms with van der Waals surface area (Å²) in [6.45, 7) is 3.67. The van der Waals surface area contributed by atoms with Gasteiger partial charge in [0.15, 0.2) is 0 Å². The molecular formula is C27H29N5O7S. The van der Waals surface area contributed by atoms with E-state index in [1.165, 1.54) is 25.3 Å². The average molecular weight is 568 g/mol. The third-order valence-electron chi connectivity index (χ3n) is 6.11. The Hall–Kier alpha value is -4.49. The van der Waals surface area contributed by atoms with Gasteiger partial charge in [-0.2, -0.15) is 5.10 Å². The van der Waals surface area contributed by atoms with Crippen LogP contribution in [-0.2, 0) is 19.6 Å². The number of morpholine rings is 1. The first kappa shape index (κ1) is 28.5. The molecule has 3 aromatic rings. The molecule has 1 fully saturated rings. The Morgan fingerprint density at radius 3 is 2.38 bits per heavy atom. The Morgan fingerprint density at radius 1 is 1.10 bits per heavy atom. The maximum atomic E-state index is 13.0. The fraction of sp³-hybridized carbons (Fsp3) is 0.259. The molecule has 1 aliphatic rings. The summed E-state index contributed by atoms with van der Waals surface area (Å²) in [6, 6.07) is 18.7. The number of ether oxygens (including phenoxy) is 2. The van der Waals surface area contributed by atoms with Gasteiger partial charge in [-0.3, -0.25) is 19.2 Å². The summed E-state index contributed by atoms with van der Waals surface area (Å²) in [4.78, 5) is 25.8. The number of nitrogens with zero attached hydrogens (tertiary/aromatic N) is 4. The number of hydrogen-bond donors (Lipinski definition) is 1. The van der Waals surface area contributed by atoms with Gasteiger partial charge in [-0.25, -0.2) is 13.8 Å². The van der Waals surface area contributed by atoms with Gasteiger partial charge in [-0.1, -0.05) is 18.2 Å². The van der Waals surface area contributed by atoms with E-state index < -0.39 is 26.9 Å². The molecule has 1 atom stereocenters. The number of sulfonamides is 1. The molecule has 0 aromatic heterocycles. The lowest BCUT2D eigenvalue weighted by Gasteiger charge is -2.30. The van der Waals surface area contributed by atoms with E-state index >= 15 is 0 Å². The van der Waals surface area contributed by atoms with Crippen LogP contribution >= 0.6 is 0 Å². The van der Waals surface area contributed by atoms with Gasteiger partial charge >= 0.3 is 0 Å². The highest BCUT2D eigenvalue weighted by atomic mass is 32.2. The van der Waals surface area contributed by atoms with E-state index in [0.717, 1.165) is 10.6 Å². The molecule has 0 unspecified atom stereocenters. The van der Waals surface area contributed by atoms with Crippen LogP contribution in [0, 0.1) is 10.1 Å². The quantitative estimate of drug-likeness (QED) is 0.223. The largest absolute Gasteiger partial charge is 0.457 e. The van der Waals surface area contributed by atoms with Crippen molar-refractivity contribution in [2.45, 2.75) is 13.0 Å². The molecule has 0 aliphatic carbocycles. The Bertz CT molecular complexity index is 1470. The van der Waals surface area contributed by atoms with Gasteiger partial charge in [0, 0.05) is 36.5 Å². The maximum Gasteiger partial charge on any atom is 0.270 e. The third kappa shape index (κ3) is 7.12. The first-order chi connectivity index (χ1) is 19.1. The predicted molar refractivity (Wildman–Crippen MR) is 152 cm³/mol. The van der Waals surface area contributed by atoms with Crippen LogP contribution in [-0.4, -0.2) is 64.1 Å². The van der Waals surface area contributed by atoms with Crippen LogP contribution in [0.25, 0.3) is 0 Å². The lowest BCUT2D eigenvalue weighted by molar-refractivity contribution is -0.384. The zero-order valence-corrected chi connectivity index (χ0v) is 22.8. The van der Waals surface area contributed by atoms with Gasteiger partial charge in [0.05, 0.1) is 36.3 Å². The minimum atomic E-state index is -3.86. The number of carbonyl (C=O) groups is 1. The van der Waals surface area contributed by atoms with Crippen molar-refractivity contribution in [2.24, 2.45) is 5.10 Å². The molecule has 0 spiro atoms. The molecule has 0 radical (unpaired) electrons. The van der Waals surface area contributed by atoms with Crippen LogP contribution in [0.15, 0.2) is 77.9 Å². The van der Waals surface area contributed by atoms with Gasteiger partial charge < -0.3 is 14.4 Å². The first-order valence-electron chi connectivity index (χ1n) is 12.4. The lowest BCUT2D eigenvalue weighted by atomic mass is 10.1. The highest BCUT2D eigenvalue weighted by molar-refractivity contribution is 7.92. The molecule has 1 heterocycles. The monoisotopic (exact) mass is 567 g/mol. The number of benzene rings is 3. The number of nitrogens with one attached hydrogen (secondary N) is 1. The number of non-ortho nitro benzene ring substituents is 1. The van der Waals surface area contributed by atoms with Crippen LogP contribution in [0.2, 0.25) is 0 Å². The van der Waals surface area contributed by atoms with Crippen molar-refractivity contribution in [3.8, 4) is 11.5 Å². The summed E-state index contributed by atoms with van der Waals surface area (Å²) in [5, 5.41) is 15.3. The van der Waals surface area contributed by atoms with Crippen molar-refractivity contribution in [3.63, 3.8) is 0 Å². The van der Waals surface area contributed by atoms with Gasteiger partial charge in [0.25, 0.3) is 11.6 Å². The molecule has 13 heteroatoms. The molecule has 40 heavy (non-hydrogen) atoms. The standard InChI is InChI=1S/C27H29N5O7S/c1-20(31(40(2,36)37)22-8-11-25(12-9-22)39-24-6-4-3-5-7-24)27(33)29-28-19-21-18-23(32(34)35)10-13-26(21)30-14-16-38-17-15-30/h3-13,18-20H,14-17H2,1-2H3,(H,29,33)/b28-19-/t20-/m1/s1. The number of hydrogen-bond acceptors (Lipinski definition) is 9. The highest BCUT2D eigenvalue weighted by Gasteiger charge is 2.29. The maximum absolute atomic E-state index is 13.0. The fourth-order valence-corrected chi connectivity index (χ4v) is 5.38. The topological polar surface area (TPSA) is 144 Å². The number of anilines is 2. The molecule has 1 amide bonds. The molecule has 12 nitrogen and oxygen atoms in total. The number of hydrazone groups is 1. The molecule has 0 bridgehead atoms. The minimum absolute atomic E-state index is 0.124. The number of nitro groups is 1. The van der Waals surface area contributed by atoms with E-state index in [1.807, 2.05) is 23.1 Å². The smallest absolute Gasteiger partial charge is 0.270 e. The Balaban J connectivity index is 1.50. The summed E-state index contributed by atoms with van der Waals surface area (Å²) in [6.07, 6.45) is 2.31. The van der Waals surface area contributed by atoms with Gasteiger partial charge in [0.2, 0.25) is 10.0 Å². The van der Waals surface area contributed by atoms with E-state index in [2.05, 4.69) is 10.5 Å². The second kappa shape index (κ2) is 12.6. The number of carbonyl (C=O) groups excluding carboxylic acids is 1. The Kier molecular flexibility index (Phi) is 8.97. The van der Waals surface area contributed by atoms with E-state index in [4.69, 9.17) is 9.47 Å². The Labute approximate surface area is 232 Å². The lowest BCUT2D eigenvalue weighted by Crippen LogP contribution is -2.46. The van der Waals surface area contributed by atoms with E-state index in [1.54, 1.807) is 42.5 Å². The molecule has 4 rings (SSSR count). The molecule has 1 N–H and O–H groups in total. The van der Waals surface area contributed by atoms with Gasteiger partial charge in [-0.05, 0) is 49.4 Å². The summed E-state index contributed by atoms with van der Waals surface area (Å²) < 4.78 is 37.5. The zero-order valence-electron chi connectivity index (χ0n) is 22.0. The van der Waals surface area contributed by atoms with Crippen LogP contribution < -0.4 is 19.4 Å². The normalized spacial score (nSPS) is 14.5. The zero-order chi connectivity index (χ0) is 28.7. The van der Waals surface area contributed by atoms with Gasteiger partial charge in [0.1, 0.15) is 17.5 Å². The summed E-state index contributed by atoms with van der Waals surface area (Å²) in [5.41, 5.74) is 3.64. The molecule has 210 valence electrons. The van der Waals surface area contributed by atoms with Crippen molar-refractivity contribution >= 4 is 39.2 Å². The first-order valence-corrected chi connectivity index (χ1v) is 14.2. The molecule has 0 saturated carbocycles. The average Bonchev–Trinajstić information content (AvgIpc) is 2.94. The predicted octanol–water partition coefficient (Wildman–Crippen LogP) is 3.53. The number of nitro benzene ring substituents is 1. The number of rotatable bonds is 10. The minimum Gasteiger partial charge on any atom is -0.457 e. The van der Waals surface area contributed by atoms with Crippen molar-refractivity contribution in [1.82, 2.24) is 5.43 Å². The van der Waals surface area contributed by atoms with Crippen LogP contribution in [0.1, 0.15) is 12.5 Å². The number of para-hydroxylation sites is 1. The molecule has 1 saturated heterocycles. The fourth-order valence-electron chi connectivity index (χ4n) is 4.20. The summed E-state index contributed by atoms with van der Waals surface area (Å²) >= 11 is 0. The van der Waals surface area contributed by atoms with Crippen LogP contribution in [0.3, 0.4) is 0 Å². The van der Waals surface area contributed by atoms with Crippen molar-refractivity contribution < 1.29 is 27.6 Å². The summed E-state index contributed by atoms with van der Waals surface area (Å²) in [5.74, 6) is 0.434. The second-order valence-corrected chi connectivity index (χ2v) is 10.8. The van der Waals surface area contributed by atoms with Crippen molar-refractivity contribution in [1.29, 1.82) is 0 Å². The SMILES string of the molecule is C[C@H](C(=O)N/N=C\c1cc([N+](=O)[O-])ccc1N1CCOCC1)N(c1ccc(Oc2ccccc2)cc1)S(C)(=O)=O. The van der Waals surface area contributed by atoms with E-state index in [0.29, 0.717) is 49.1 Å². The van der Waals surface area contributed by atoms with E-state index in [-0.39, 0.29) is 11.4 Å². The second-order valence-electron chi connectivity index (χ2n) is 8.98. The molecule has 3 aromatic carbocycles. The number of amides is 1. The van der Waals surface area contributed by atoms with E-state index in [9.17, 15) is 23.3 Å². The highest BCUT2D eigenvalue weighted by Crippen LogP contribution is 2.27. The third-order valence-corrected chi connectivity index (χ3v) is 7.35. The summed E-state index contributed by atoms with van der Waals surface area (Å²) in [7, 11) is -3.86. The molecular weight excluding hydrogens is 538 g/mol. The van der Waals surface area contributed by atoms with Crippen LogP contribution in [0.4, 0.5) is 17.1 Å². The van der Waals surface area contributed by atoms with Gasteiger partial charge in [-0.15, -0.1) is 0 Å². The van der Waals surface area contributed by atoms with Crippen LogP contribution in [0.5, 0.6) is 11.5 Å². The van der Waals surface area contributed by atoms with Crippen molar-refractivity contribution in [3.05, 3.63) is 88.5 Å². The van der Waals surface area contributed by atoms with Crippen molar-refractivity contribution in [2.75, 3.05) is 41.8 Å².